The number of carbonyl (C=O) groups excluding carboxylic acids is 2. The Hall–Kier alpha value is -4.39. The van der Waals surface area contributed by atoms with Crippen molar-refractivity contribution in [2.24, 2.45) is 5.92 Å². The lowest BCUT2D eigenvalue weighted by Crippen LogP contribution is -2.45. The lowest BCUT2D eigenvalue weighted by molar-refractivity contribution is -0.118. The Bertz CT molecular complexity index is 1570. The van der Waals surface area contributed by atoms with Gasteiger partial charge in [-0.1, -0.05) is 0 Å². The lowest BCUT2D eigenvalue weighted by Gasteiger charge is -2.24. The Balaban J connectivity index is 1.50. The summed E-state index contributed by atoms with van der Waals surface area (Å²) in [4.78, 5) is 42.1. The first kappa shape index (κ1) is 31.0. The van der Waals surface area contributed by atoms with Crippen molar-refractivity contribution in [1.29, 1.82) is 0 Å². The van der Waals surface area contributed by atoms with E-state index in [1.807, 2.05) is 0 Å². The molecule has 2 aromatic carbocycles. The number of ether oxygens (including phenoxy) is 3. The number of aromatic nitrogens is 1. The number of pyridine rings is 1. The Kier molecular flexibility index (Phi) is 9.23. The van der Waals surface area contributed by atoms with Crippen molar-refractivity contribution >= 4 is 17.5 Å². The molecule has 13 heteroatoms. The molecule has 0 spiro atoms. The predicted molar refractivity (Wildman–Crippen MR) is 151 cm³/mol. The molecule has 5 rings (SSSR count). The molecule has 1 unspecified atom stereocenters. The van der Waals surface area contributed by atoms with Gasteiger partial charge in [0.2, 0.25) is 5.91 Å². The van der Waals surface area contributed by atoms with E-state index in [4.69, 9.17) is 9.47 Å². The molecule has 234 valence electrons. The van der Waals surface area contributed by atoms with Crippen molar-refractivity contribution in [2.45, 2.75) is 44.9 Å². The second-order valence-electron chi connectivity index (χ2n) is 10.8. The number of aryl methyl sites for hydroxylation is 1. The fraction of sp³-hybridized carbons (Fsp3) is 0.387. The highest BCUT2D eigenvalue weighted by molar-refractivity contribution is 6.05. The topological polar surface area (TPSA) is 99.1 Å². The highest BCUT2D eigenvalue weighted by Gasteiger charge is 2.46. The zero-order valence-corrected chi connectivity index (χ0v) is 24.0. The summed E-state index contributed by atoms with van der Waals surface area (Å²) in [5, 5.41) is 2.55. The van der Waals surface area contributed by atoms with Crippen molar-refractivity contribution in [3.63, 3.8) is 0 Å². The van der Waals surface area contributed by atoms with Gasteiger partial charge in [0, 0.05) is 61.7 Å². The number of amides is 2. The largest absolute Gasteiger partial charge is 0.497 e. The lowest BCUT2D eigenvalue weighted by atomic mass is 9.92. The molecule has 2 atom stereocenters. The first-order valence-corrected chi connectivity index (χ1v) is 14.0. The van der Waals surface area contributed by atoms with E-state index in [0.29, 0.717) is 25.3 Å². The maximum absolute atomic E-state index is 15.4. The van der Waals surface area contributed by atoms with Gasteiger partial charge in [0.1, 0.15) is 34.9 Å². The van der Waals surface area contributed by atoms with Gasteiger partial charge in [-0.25, -0.2) is 8.78 Å². The molecule has 2 aliphatic rings. The number of anilines is 1. The number of methoxy groups -OCH3 is 1. The molecule has 1 aromatic heterocycles. The summed E-state index contributed by atoms with van der Waals surface area (Å²) in [6.45, 7) is -0.119. The SMILES string of the molecule is COc1cc(F)c([C@@H]2CN(c3c(C)ccn(CC4CCOCC4)c3=O)C(=O)C2NC(=O)c2ccc(OC(F)F)cc2)c(F)c1. The Labute approximate surface area is 250 Å². The molecule has 0 saturated carbocycles. The van der Waals surface area contributed by atoms with Crippen LogP contribution >= 0.6 is 0 Å². The molecule has 3 aromatic rings. The van der Waals surface area contributed by atoms with Crippen LogP contribution in [0, 0.1) is 24.5 Å². The average molecular weight is 618 g/mol. The van der Waals surface area contributed by atoms with E-state index in [9.17, 15) is 23.2 Å². The van der Waals surface area contributed by atoms with Crippen molar-refractivity contribution < 1.29 is 41.4 Å². The predicted octanol–water partition coefficient (Wildman–Crippen LogP) is 4.40. The van der Waals surface area contributed by atoms with Gasteiger partial charge in [-0.05, 0) is 61.6 Å². The third kappa shape index (κ3) is 6.42. The summed E-state index contributed by atoms with van der Waals surface area (Å²) < 4.78 is 72.0. The molecule has 2 amide bonds. The van der Waals surface area contributed by atoms with Crippen LogP contribution in [0.25, 0.3) is 0 Å². The van der Waals surface area contributed by atoms with Crippen molar-refractivity contribution in [2.75, 3.05) is 31.8 Å². The maximum atomic E-state index is 15.4. The summed E-state index contributed by atoms with van der Waals surface area (Å²) in [7, 11) is 1.25. The standard InChI is InChI=1S/C31H31F4N3O6/c1-17-7-10-37(15-18-8-11-43-12-9-18)30(41)27(17)38-16-22(25-23(32)13-21(42-2)14-24(25)33)26(29(38)40)36-28(39)19-3-5-20(6-4-19)44-31(34)35/h3-7,10,13-14,18,22,26,31H,8-9,11-12,15-16H2,1-2H3,(H,36,39)/t22-,26?/m0/s1. The Morgan fingerprint density at radius 2 is 1.70 bits per heavy atom. The van der Waals surface area contributed by atoms with Crippen LogP contribution < -0.4 is 25.2 Å². The monoisotopic (exact) mass is 617 g/mol. The van der Waals surface area contributed by atoms with Crippen LogP contribution in [0.2, 0.25) is 0 Å². The molecule has 0 radical (unpaired) electrons. The summed E-state index contributed by atoms with van der Waals surface area (Å²) in [6.07, 6.45) is 3.21. The molecule has 2 aliphatic heterocycles. The molecule has 0 aliphatic carbocycles. The minimum Gasteiger partial charge on any atom is -0.497 e. The second kappa shape index (κ2) is 13.1. The van der Waals surface area contributed by atoms with Crippen molar-refractivity contribution in [3.05, 3.63) is 87.3 Å². The summed E-state index contributed by atoms with van der Waals surface area (Å²) in [5.74, 6) is -4.81. The van der Waals surface area contributed by atoms with E-state index in [2.05, 4.69) is 10.1 Å². The third-order valence-corrected chi connectivity index (χ3v) is 8.01. The number of benzene rings is 2. The van der Waals surface area contributed by atoms with Gasteiger partial charge in [-0.15, -0.1) is 0 Å². The van der Waals surface area contributed by atoms with Crippen LogP contribution in [0.3, 0.4) is 0 Å². The van der Waals surface area contributed by atoms with E-state index < -0.39 is 53.1 Å². The van der Waals surface area contributed by atoms with Gasteiger partial charge in [-0.3, -0.25) is 14.4 Å². The molecule has 0 bridgehead atoms. The molecular formula is C31H31F4N3O6. The number of rotatable bonds is 9. The molecule has 2 fully saturated rings. The van der Waals surface area contributed by atoms with Crippen LogP contribution in [-0.4, -0.2) is 55.9 Å². The fourth-order valence-corrected chi connectivity index (χ4v) is 5.73. The summed E-state index contributed by atoms with van der Waals surface area (Å²) in [5.41, 5.74) is -0.386. The Morgan fingerprint density at radius 3 is 2.32 bits per heavy atom. The van der Waals surface area contributed by atoms with Crippen LogP contribution in [0.5, 0.6) is 11.5 Å². The molecule has 44 heavy (non-hydrogen) atoms. The molecule has 9 nitrogen and oxygen atoms in total. The van der Waals surface area contributed by atoms with Gasteiger partial charge in [0.05, 0.1) is 7.11 Å². The minimum absolute atomic E-state index is 0.0120. The number of hydrogen-bond acceptors (Lipinski definition) is 6. The van der Waals surface area contributed by atoms with Crippen molar-refractivity contribution in [1.82, 2.24) is 9.88 Å². The molecule has 3 heterocycles. The van der Waals surface area contributed by atoms with Crippen LogP contribution in [0.4, 0.5) is 23.2 Å². The number of alkyl halides is 2. The van der Waals surface area contributed by atoms with Gasteiger partial charge in [-0.2, -0.15) is 8.78 Å². The number of hydrogen-bond donors (Lipinski definition) is 1. The quantitative estimate of drug-likeness (QED) is 0.358. The van der Waals surface area contributed by atoms with E-state index in [1.165, 1.54) is 23.8 Å². The molecular weight excluding hydrogens is 586 g/mol. The van der Waals surface area contributed by atoms with Crippen LogP contribution in [0.1, 0.15) is 40.2 Å². The first-order valence-electron chi connectivity index (χ1n) is 14.0. The van der Waals surface area contributed by atoms with Gasteiger partial charge >= 0.3 is 6.61 Å². The fourth-order valence-electron chi connectivity index (χ4n) is 5.73. The average Bonchev–Trinajstić information content (AvgIpc) is 3.29. The van der Waals surface area contributed by atoms with Crippen LogP contribution in [0.15, 0.2) is 53.5 Å². The van der Waals surface area contributed by atoms with E-state index >= 15 is 8.78 Å². The number of halogens is 4. The highest BCUT2D eigenvalue weighted by atomic mass is 19.3. The Morgan fingerprint density at radius 1 is 1.05 bits per heavy atom. The number of nitrogens with one attached hydrogen (secondary N) is 1. The van der Waals surface area contributed by atoms with E-state index in [0.717, 1.165) is 42.0 Å². The van der Waals surface area contributed by atoms with Crippen LogP contribution in [-0.2, 0) is 16.1 Å². The minimum atomic E-state index is -3.06. The van der Waals surface area contributed by atoms with Gasteiger partial charge < -0.3 is 29.0 Å². The second-order valence-corrected chi connectivity index (χ2v) is 10.8. The van der Waals surface area contributed by atoms with Gasteiger partial charge in [0.25, 0.3) is 11.5 Å². The third-order valence-electron chi connectivity index (χ3n) is 8.01. The number of carbonyl (C=O) groups is 2. The number of nitrogens with zero attached hydrogens (tertiary/aromatic N) is 2. The zero-order chi connectivity index (χ0) is 31.5. The summed E-state index contributed by atoms with van der Waals surface area (Å²) >= 11 is 0. The first-order chi connectivity index (χ1) is 21.1. The normalized spacial score (nSPS) is 19.0. The maximum Gasteiger partial charge on any atom is 0.387 e. The highest BCUT2D eigenvalue weighted by Crippen LogP contribution is 2.36. The van der Waals surface area contributed by atoms with Crippen molar-refractivity contribution in [3.8, 4) is 11.5 Å². The smallest absolute Gasteiger partial charge is 0.387 e. The van der Waals surface area contributed by atoms with Gasteiger partial charge in [0.15, 0.2) is 0 Å². The zero-order valence-electron chi connectivity index (χ0n) is 24.0. The summed E-state index contributed by atoms with van der Waals surface area (Å²) in [6, 6.07) is 6.90. The van der Waals surface area contributed by atoms with E-state index in [-0.39, 0.29) is 35.2 Å². The molecule has 2 saturated heterocycles. The van der Waals surface area contributed by atoms with E-state index in [1.54, 1.807) is 19.2 Å². The molecule has 1 N–H and O–H groups in total.